The Balaban J connectivity index is 1.38. The van der Waals surface area contributed by atoms with Crippen molar-refractivity contribution >= 4 is 6.16 Å². The van der Waals surface area contributed by atoms with E-state index in [-0.39, 0.29) is 12.0 Å². The maximum atomic E-state index is 11.1. The van der Waals surface area contributed by atoms with Gasteiger partial charge in [-0.25, -0.2) is 4.79 Å². The minimum absolute atomic E-state index is 0.158. The van der Waals surface area contributed by atoms with Gasteiger partial charge in [0.25, 0.3) is 5.79 Å². The first kappa shape index (κ1) is 10.7. The van der Waals surface area contributed by atoms with Gasteiger partial charge in [-0.05, 0) is 25.7 Å². The zero-order valence-electron chi connectivity index (χ0n) is 10.5. The van der Waals surface area contributed by atoms with Crippen LogP contribution in [0.15, 0.2) is 11.6 Å². The molecule has 5 heteroatoms. The summed E-state index contributed by atoms with van der Waals surface area (Å²) in [5.74, 6) is -0.540. The van der Waals surface area contributed by atoms with Crippen LogP contribution in [-0.2, 0) is 18.9 Å². The van der Waals surface area contributed by atoms with Crippen LogP contribution in [-0.4, -0.2) is 36.4 Å². The van der Waals surface area contributed by atoms with Crippen molar-refractivity contribution in [1.82, 2.24) is 0 Å². The molecule has 2 aliphatic carbocycles. The number of allylic oxidation sites excluding steroid dienone is 1. The number of fused-ring (bicyclic) bond motifs is 2. The van der Waals surface area contributed by atoms with Crippen molar-refractivity contribution in [3.05, 3.63) is 11.6 Å². The average molecular weight is 264 g/mol. The molecule has 0 N–H and O–H groups in total. The highest BCUT2D eigenvalue weighted by molar-refractivity contribution is 5.66. The molecule has 5 atom stereocenters. The van der Waals surface area contributed by atoms with Gasteiger partial charge in [-0.15, -0.1) is 0 Å². The first-order valence-corrected chi connectivity index (χ1v) is 7.16. The number of ether oxygens (including phenoxy) is 4. The Hall–Kier alpha value is -1.07. The lowest BCUT2D eigenvalue weighted by molar-refractivity contribution is -0.307. The standard InChI is InChI=1S/C14H16O5/c15-13-18-14(19-13)4-3-10-12(17-10)8(14)5-7-1-2-9-11(6-7)16-9/h6,8-12H,1-5H2. The number of carbonyl (C=O) groups is 1. The van der Waals surface area contributed by atoms with Crippen molar-refractivity contribution in [3.63, 3.8) is 0 Å². The minimum atomic E-state index is -0.698. The van der Waals surface area contributed by atoms with Gasteiger partial charge in [0.15, 0.2) is 0 Å². The number of epoxide rings is 2. The molecule has 3 aliphatic heterocycles. The fraction of sp³-hybridized carbons (Fsp3) is 0.786. The molecular weight excluding hydrogens is 248 g/mol. The molecule has 0 bridgehead atoms. The van der Waals surface area contributed by atoms with E-state index in [0.717, 1.165) is 32.1 Å². The molecular formula is C14H16O5. The van der Waals surface area contributed by atoms with Gasteiger partial charge in [-0.2, -0.15) is 0 Å². The van der Waals surface area contributed by atoms with Crippen molar-refractivity contribution in [2.45, 2.75) is 62.3 Å². The van der Waals surface area contributed by atoms with E-state index in [1.807, 2.05) is 0 Å². The summed E-state index contributed by atoms with van der Waals surface area (Å²) in [5.41, 5.74) is 1.41. The van der Waals surface area contributed by atoms with E-state index in [1.54, 1.807) is 0 Å². The Morgan fingerprint density at radius 1 is 1.21 bits per heavy atom. The van der Waals surface area contributed by atoms with Gasteiger partial charge < -0.3 is 18.9 Å². The first-order valence-electron chi connectivity index (χ1n) is 7.16. The van der Waals surface area contributed by atoms with Crippen LogP contribution in [0.5, 0.6) is 0 Å². The third kappa shape index (κ3) is 1.51. The van der Waals surface area contributed by atoms with Crippen LogP contribution in [0.1, 0.15) is 32.1 Å². The predicted octanol–water partition coefficient (Wildman–Crippen LogP) is 1.90. The SMILES string of the molecule is O=C1OC2(CCC3OC3C2CC2=CC3OC3CC2)O1. The molecule has 0 aromatic heterocycles. The van der Waals surface area contributed by atoms with Gasteiger partial charge in [0.2, 0.25) is 0 Å². The van der Waals surface area contributed by atoms with E-state index in [2.05, 4.69) is 6.08 Å². The Bertz CT molecular complexity index is 476. The topological polar surface area (TPSA) is 60.6 Å². The van der Waals surface area contributed by atoms with Gasteiger partial charge in [-0.3, -0.25) is 0 Å². The normalized spacial score (nSPS) is 48.1. The molecule has 0 aromatic rings. The molecule has 1 spiro atoms. The molecule has 5 unspecified atom stereocenters. The molecule has 19 heavy (non-hydrogen) atoms. The van der Waals surface area contributed by atoms with E-state index >= 15 is 0 Å². The summed E-state index contributed by atoms with van der Waals surface area (Å²) in [5, 5.41) is 0. The second-order valence-corrected chi connectivity index (χ2v) is 6.26. The Morgan fingerprint density at radius 2 is 2.11 bits per heavy atom. The van der Waals surface area contributed by atoms with Crippen molar-refractivity contribution in [3.8, 4) is 0 Å². The van der Waals surface area contributed by atoms with Crippen molar-refractivity contribution in [2.75, 3.05) is 0 Å². The first-order chi connectivity index (χ1) is 9.23. The monoisotopic (exact) mass is 264 g/mol. The van der Waals surface area contributed by atoms with Crippen LogP contribution in [0.3, 0.4) is 0 Å². The maximum absolute atomic E-state index is 11.1. The van der Waals surface area contributed by atoms with Crippen LogP contribution < -0.4 is 0 Å². The van der Waals surface area contributed by atoms with Crippen LogP contribution in [0.25, 0.3) is 0 Å². The van der Waals surface area contributed by atoms with Crippen LogP contribution in [0, 0.1) is 5.92 Å². The minimum Gasteiger partial charge on any atom is -0.390 e. The zero-order valence-corrected chi connectivity index (χ0v) is 10.5. The molecule has 0 aromatic carbocycles. The molecule has 0 amide bonds. The van der Waals surface area contributed by atoms with Gasteiger partial charge in [0.05, 0.1) is 24.2 Å². The van der Waals surface area contributed by atoms with Crippen molar-refractivity contribution in [1.29, 1.82) is 0 Å². The van der Waals surface area contributed by atoms with Crippen molar-refractivity contribution < 1.29 is 23.7 Å². The molecule has 5 nitrogen and oxygen atoms in total. The molecule has 3 heterocycles. The quantitative estimate of drug-likeness (QED) is 0.433. The molecule has 1 saturated carbocycles. The van der Waals surface area contributed by atoms with E-state index in [0.29, 0.717) is 18.3 Å². The third-order valence-corrected chi connectivity index (χ3v) is 5.13. The highest BCUT2D eigenvalue weighted by Gasteiger charge is 2.66. The zero-order chi connectivity index (χ0) is 12.6. The maximum Gasteiger partial charge on any atom is 0.514 e. The van der Waals surface area contributed by atoms with Crippen molar-refractivity contribution in [2.24, 2.45) is 5.92 Å². The largest absolute Gasteiger partial charge is 0.514 e. The van der Waals surface area contributed by atoms with Gasteiger partial charge in [0.1, 0.15) is 6.10 Å². The molecule has 0 radical (unpaired) electrons. The summed E-state index contributed by atoms with van der Waals surface area (Å²) in [6.07, 6.45) is 7.87. The Labute approximate surface area is 110 Å². The molecule has 5 rings (SSSR count). The van der Waals surface area contributed by atoms with E-state index in [9.17, 15) is 4.79 Å². The van der Waals surface area contributed by atoms with Crippen LogP contribution in [0.2, 0.25) is 0 Å². The highest BCUT2D eigenvalue weighted by atomic mass is 16.9. The second-order valence-electron chi connectivity index (χ2n) is 6.26. The number of hydrogen-bond donors (Lipinski definition) is 0. The second kappa shape index (κ2) is 3.33. The Kier molecular flexibility index (Phi) is 1.87. The lowest BCUT2D eigenvalue weighted by Gasteiger charge is -2.46. The number of carbonyl (C=O) groups excluding carboxylic acids is 1. The summed E-state index contributed by atoms with van der Waals surface area (Å²) in [6.45, 7) is 0. The summed E-state index contributed by atoms with van der Waals surface area (Å²) < 4.78 is 21.9. The highest BCUT2D eigenvalue weighted by Crippen LogP contribution is 2.54. The summed E-state index contributed by atoms with van der Waals surface area (Å²) in [6, 6.07) is 0. The molecule has 4 fully saturated rings. The lowest BCUT2D eigenvalue weighted by Crippen LogP contribution is -2.59. The molecule has 5 aliphatic rings. The fourth-order valence-corrected chi connectivity index (χ4v) is 3.97. The molecule has 3 saturated heterocycles. The average Bonchev–Trinajstić information content (AvgIpc) is 3.22. The predicted molar refractivity (Wildman–Crippen MR) is 62.3 cm³/mol. The summed E-state index contributed by atoms with van der Waals surface area (Å²) in [7, 11) is 0. The van der Waals surface area contributed by atoms with Crippen LogP contribution in [0.4, 0.5) is 4.79 Å². The summed E-state index contributed by atoms with van der Waals surface area (Å²) >= 11 is 0. The smallest absolute Gasteiger partial charge is 0.390 e. The van der Waals surface area contributed by atoms with Gasteiger partial charge >= 0.3 is 6.16 Å². The number of hydrogen-bond acceptors (Lipinski definition) is 5. The third-order valence-electron chi connectivity index (χ3n) is 5.13. The van der Waals surface area contributed by atoms with Gasteiger partial charge in [0, 0.05) is 6.42 Å². The Morgan fingerprint density at radius 3 is 2.89 bits per heavy atom. The molecule has 102 valence electrons. The summed E-state index contributed by atoms with van der Waals surface area (Å²) in [4.78, 5) is 11.1. The fourth-order valence-electron chi connectivity index (χ4n) is 3.97. The number of rotatable bonds is 2. The van der Waals surface area contributed by atoms with E-state index in [4.69, 9.17) is 18.9 Å². The van der Waals surface area contributed by atoms with E-state index in [1.165, 1.54) is 5.57 Å². The lowest BCUT2D eigenvalue weighted by atomic mass is 9.77. The van der Waals surface area contributed by atoms with Crippen LogP contribution >= 0.6 is 0 Å². The van der Waals surface area contributed by atoms with E-state index < -0.39 is 11.9 Å². The van der Waals surface area contributed by atoms with Gasteiger partial charge in [-0.1, -0.05) is 11.6 Å².